The molecule has 0 aliphatic rings. The first-order chi connectivity index (χ1) is 8.02. The lowest BCUT2D eigenvalue weighted by Crippen LogP contribution is -2.39. The standard InChI is InChI=1S/C9H15N5O3/c1-2-7(10)9(17)11-3-6-4-14(13-12-6)5-8(15)16/h4,7H,2-3,5,10H2,1H3,(H,11,17)(H,15,16). The highest BCUT2D eigenvalue weighted by atomic mass is 16.4. The fourth-order valence-corrected chi connectivity index (χ4v) is 1.13. The van der Waals surface area contributed by atoms with E-state index in [1.54, 1.807) is 0 Å². The van der Waals surface area contributed by atoms with Crippen molar-refractivity contribution in [3.05, 3.63) is 11.9 Å². The normalized spacial score (nSPS) is 12.1. The van der Waals surface area contributed by atoms with Crippen LogP contribution in [0.2, 0.25) is 0 Å². The highest BCUT2D eigenvalue weighted by Gasteiger charge is 2.11. The number of nitrogens with zero attached hydrogens (tertiary/aromatic N) is 3. The molecule has 94 valence electrons. The summed E-state index contributed by atoms with van der Waals surface area (Å²) < 4.78 is 1.18. The third-order valence-electron chi connectivity index (χ3n) is 2.10. The predicted octanol–water partition coefficient (Wildman–Crippen LogP) is -1.28. The molecule has 0 saturated heterocycles. The van der Waals surface area contributed by atoms with Crippen molar-refractivity contribution in [3.8, 4) is 0 Å². The van der Waals surface area contributed by atoms with Crippen LogP contribution in [0.15, 0.2) is 6.20 Å². The molecular formula is C9H15N5O3. The average molecular weight is 241 g/mol. The minimum Gasteiger partial charge on any atom is -0.480 e. The molecular weight excluding hydrogens is 226 g/mol. The van der Waals surface area contributed by atoms with Crippen molar-refractivity contribution in [3.63, 3.8) is 0 Å². The highest BCUT2D eigenvalue weighted by molar-refractivity contribution is 5.81. The molecule has 0 aliphatic heterocycles. The number of carboxylic acid groups (broad SMARTS) is 1. The quantitative estimate of drug-likeness (QED) is 0.569. The van der Waals surface area contributed by atoms with E-state index in [1.165, 1.54) is 10.9 Å². The second kappa shape index (κ2) is 5.94. The molecule has 0 fully saturated rings. The fourth-order valence-electron chi connectivity index (χ4n) is 1.13. The SMILES string of the molecule is CCC(N)C(=O)NCc1cn(CC(=O)O)nn1. The van der Waals surface area contributed by atoms with Crippen molar-refractivity contribution < 1.29 is 14.7 Å². The van der Waals surface area contributed by atoms with Crippen LogP contribution in [0.1, 0.15) is 19.0 Å². The number of amides is 1. The zero-order valence-corrected chi connectivity index (χ0v) is 9.46. The van der Waals surface area contributed by atoms with Crippen LogP contribution in [0, 0.1) is 0 Å². The van der Waals surface area contributed by atoms with Gasteiger partial charge in [0.15, 0.2) is 0 Å². The second-order valence-corrected chi connectivity index (χ2v) is 3.53. The zero-order valence-electron chi connectivity index (χ0n) is 9.46. The summed E-state index contributed by atoms with van der Waals surface area (Å²) in [5.74, 6) is -1.27. The van der Waals surface area contributed by atoms with E-state index in [2.05, 4.69) is 15.6 Å². The number of nitrogens with one attached hydrogen (secondary N) is 1. The molecule has 0 aliphatic carbocycles. The van der Waals surface area contributed by atoms with Crippen LogP contribution in [0.25, 0.3) is 0 Å². The first-order valence-electron chi connectivity index (χ1n) is 5.17. The van der Waals surface area contributed by atoms with Crippen LogP contribution >= 0.6 is 0 Å². The van der Waals surface area contributed by atoms with Crippen LogP contribution < -0.4 is 11.1 Å². The van der Waals surface area contributed by atoms with Crippen molar-refractivity contribution in [1.29, 1.82) is 0 Å². The van der Waals surface area contributed by atoms with Gasteiger partial charge in [-0.25, -0.2) is 4.68 Å². The van der Waals surface area contributed by atoms with Gasteiger partial charge in [0.05, 0.1) is 18.8 Å². The molecule has 0 spiro atoms. The average Bonchev–Trinajstić information content (AvgIpc) is 2.71. The molecule has 0 radical (unpaired) electrons. The van der Waals surface area contributed by atoms with Crippen molar-refractivity contribution in [2.45, 2.75) is 32.5 Å². The number of rotatable bonds is 6. The first-order valence-corrected chi connectivity index (χ1v) is 5.17. The Balaban J connectivity index is 2.44. The molecule has 1 amide bonds. The third kappa shape index (κ3) is 4.19. The Morgan fingerprint density at radius 2 is 2.35 bits per heavy atom. The molecule has 1 aromatic rings. The Bertz CT molecular complexity index is 403. The van der Waals surface area contributed by atoms with Gasteiger partial charge in [-0.05, 0) is 6.42 Å². The maximum Gasteiger partial charge on any atom is 0.325 e. The monoisotopic (exact) mass is 241 g/mol. The number of hydrogen-bond acceptors (Lipinski definition) is 5. The molecule has 8 nitrogen and oxygen atoms in total. The van der Waals surface area contributed by atoms with Gasteiger partial charge in [-0.1, -0.05) is 12.1 Å². The molecule has 1 aromatic heterocycles. The van der Waals surface area contributed by atoms with E-state index < -0.39 is 12.0 Å². The number of hydrogen-bond donors (Lipinski definition) is 3. The number of carbonyl (C=O) groups is 2. The maximum atomic E-state index is 11.3. The van der Waals surface area contributed by atoms with Crippen molar-refractivity contribution in [1.82, 2.24) is 20.3 Å². The van der Waals surface area contributed by atoms with E-state index in [-0.39, 0.29) is 19.0 Å². The molecule has 1 unspecified atom stereocenters. The van der Waals surface area contributed by atoms with E-state index >= 15 is 0 Å². The molecule has 1 rings (SSSR count). The van der Waals surface area contributed by atoms with Crippen LogP contribution in [0.3, 0.4) is 0 Å². The van der Waals surface area contributed by atoms with E-state index in [4.69, 9.17) is 10.8 Å². The third-order valence-corrected chi connectivity index (χ3v) is 2.10. The largest absolute Gasteiger partial charge is 0.480 e. The smallest absolute Gasteiger partial charge is 0.325 e. The van der Waals surface area contributed by atoms with Crippen LogP contribution in [-0.4, -0.2) is 38.0 Å². The van der Waals surface area contributed by atoms with E-state index in [0.717, 1.165) is 0 Å². The Kier molecular flexibility index (Phi) is 4.58. The number of aliphatic carboxylic acids is 1. The van der Waals surface area contributed by atoms with Crippen LogP contribution in [-0.2, 0) is 22.7 Å². The molecule has 8 heteroatoms. The van der Waals surface area contributed by atoms with Gasteiger partial charge in [-0.15, -0.1) is 5.10 Å². The first kappa shape index (κ1) is 13.1. The van der Waals surface area contributed by atoms with Gasteiger partial charge in [0.1, 0.15) is 12.2 Å². The summed E-state index contributed by atoms with van der Waals surface area (Å²) in [6.07, 6.45) is 2.02. The molecule has 0 bridgehead atoms. The summed E-state index contributed by atoms with van der Waals surface area (Å²) in [6.45, 7) is 1.74. The van der Waals surface area contributed by atoms with Gasteiger partial charge in [0.25, 0.3) is 0 Å². The van der Waals surface area contributed by atoms with Crippen molar-refractivity contribution >= 4 is 11.9 Å². The van der Waals surface area contributed by atoms with Crippen molar-refractivity contribution in [2.24, 2.45) is 5.73 Å². The number of carboxylic acids is 1. The Morgan fingerprint density at radius 1 is 1.65 bits per heavy atom. The minimum atomic E-state index is -1.00. The highest BCUT2D eigenvalue weighted by Crippen LogP contribution is 1.94. The summed E-state index contributed by atoms with van der Waals surface area (Å²) >= 11 is 0. The van der Waals surface area contributed by atoms with E-state index in [1.807, 2.05) is 6.92 Å². The van der Waals surface area contributed by atoms with Crippen LogP contribution in [0.4, 0.5) is 0 Å². The molecule has 1 atom stereocenters. The minimum absolute atomic E-state index is 0.187. The number of nitrogens with two attached hydrogens (primary N) is 1. The zero-order chi connectivity index (χ0) is 12.8. The Hall–Kier alpha value is -1.96. The van der Waals surface area contributed by atoms with Crippen molar-refractivity contribution in [2.75, 3.05) is 0 Å². The second-order valence-electron chi connectivity index (χ2n) is 3.53. The van der Waals surface area contributed by atoms with Gasteiger partial charge in [-0.3, -0.25) is 9.59 Å². The lowest BCUT2D eigenvalue weighted by atomic mass is 10.2. The number of carbonyl (C=O) groups excluding carboxylic acids is 1. The predicted molar refractivity (Wildman–Crippen MR) is 57.8 cm³/mol. The van der Waals surface area contributed by atoms with Gasteiger partial charge in [0, 0.05) is 0 Å². The lowest BCUT2D eigenvalue weighted by molar-refractivity contribution is -0.138. The summed E-state index contributed by atoms with van der Waals surface area (Å²) in [5, 5.41) is 18.4. The Labute approximate surface area is 97.8 Å². The summed E-state index contributed by atoms with van der Waals surface area (Å²) in [5.41, 5.74) is 6.01. The van der Waals surface area contributed by atoms with Gasteiger partial charge in [-0.2, -0.15) is 0 Å². The number of aromatic nitrogens is 3. The van der Waals surface area contributed by atoms with Gasteiger partial charge in [0.2, 0.25) is 5.91 Å². The molecule has 1 heterocycles. The van der Waals surface area contributed by atoms with E-state index in [0.29, 0.717) is 12.1 Å². The Morgan fingerprint density at radius 3 is 2.94 bits per heavy atom. The fraction of sp³-hybridized carbons (Fsp3) is 0.556. The summed E-state index contributed by atoms with van der Waals surface area (Å²) in [6, 6.07) is -0.538. The van der Waals surface area contributed by atoms with E-state index in [9.17, 15) is 9.59 Å². The van der Waals surface area contributed by atoms with Crippen LogP contribution in [0.5, 0.6) is 0 Å². The molecule has 17 heavy (non-hydrogen) atoms. The molecule has 0 saturated carbocycles. The van der Waals surface area contributed by atoms with Gasteiger partial charge >= 0.3 is 5.97 Å². The molecule has 0 aromatic carbocycles. The van der Waals surface area contributed by atoms with Gasteiger partial charge < -0.3 is 16.2 Å². The summed E-state index contributed by atoms with van der Waals surface area (Å²) in [7, 11) is 0. The lowest BCUT2D eigenvalue weighted by Gasteiger charge is -2.07. The topological polar surface area (TPSA) is 123 Å². The summed E-state index contributed by atoms with van der Waals surface area (Å²) in [4.78, 5) is 21.7. The maximum absolute atomic E-state index is 11.3. The molecule has 4 N–H and O–H groups in total.